The van der Waals surface area contributed by atoms with Crippen molar-refractivity contribution in [3.05, 3.63) is 17.3 Å². The quantitative estimate of drug-likeness (QED) is 0.680. The Balaban J connectivity index is 2.37. The van der Waals surface area contributed by atoms with Crippen molar-refractivity contribution in [2.75, 3.05) is 25.0 Å². The molecule has 5 nitrogen and oxygen atoms in total. The molecule has 1 aromatic heterocycles. The number of nitrogens with zero attached hydrogens (tertiary/aromatic N) is 4. The normalized spacial score (nSPS) is 16.3. The molecule has 0 bridgehead atoms. The van der Waals surface area contributed by atoms with E-state index < -0.39 is 5.82 Å². The summed E-state index contributed by atoms with van der Waals surface area (Å²) in [7, 11) is 1.64. The van der Waals surface area contributed by atoms with E-state index >= 15 is 0 Å². The van der Waals surface area contributed by atoms with Crippen molar-refractivity contribution in [2.45, 2.75) is 0 Å². The Kier molecular flexibility index (Phi) is 2.44. The van der Waals surface area contributed by atoms with E-state index in [2.05, 4.69) is 9.97 Å². The summed E-state index contributed by atoms with van der Waals surface area (Å²) < 4.78 is 13.3. The fraction of sp³-hybridized carbons (Fsp3) is 0.375. The molecule has 0 spiro atoms. The van der Waals surface area contributed by atoms with Crippen molar-refractivity contribution in [1.29, 1.82) is 0 Å². The van der Waals surface area contributed by atoms with Gasteiger partial charge in [0.25, 0.3) is 0 Å². The van der Waals surface area contributed by atoms with Gasteiger partial charge in [0.2, 0.25) is 5.28 Å². The van der Waals surface area contributed by atoms with Crippen molar-refractivity contribution in [1.82, 2.24) is 14.9 Å². The summed E-state index contributed by atoms with van der Waals surface area (Å²) in [5.74, 6) is -0.715. The summed E-state index contributed by atoms with van der Waals surface area (Å²) in [6, 6.07) is -0.288. The second kappa shape index (κ2) is 3.62. The smallest absolute Gasteiger partial charge is 0.325 e. The highest BCUT2D eigenvalue weighted by Gasteiger charge is 2.29. The Morgan fingerprint density at radius 2 is 2.27 bits per heavy atom. The number of carbonyl (C=O) groups is 1. The summed E-state index contributed by atoms with van der Waals surface area (Å²) in [4.78, 5) is 21.5. The second-order valence-corrected chi connectivity index (χ2v) is 3.50. The third kappa shape index (κ3) is 1.72. The van der Waals surface area contributed by atoms with Crippen LogP contribution in [0.3, 0.4) is 0 Å². The number of likely N-dealkylation sites (N-methyl/N-ethyl adjacent to an activating group) is 1. The van der Waals surface area contributed by atoms with E-state index in [0.717, 1.165) is 6.20 Å². The Labute approximate surface area is 90.5 Å². The number of rotatable bonds is 1. The first-order valence-electron chi connectivity index (χ1n) is 4.30. The molecule has 15 heavy (non-hydrogen) atoms. The molecule has 1 aliphatic rings. The first kappa shape index (κ1) is 10.1. The molecule has 0 N–H and O–H groups in total. The number of hydrogen-bond donors (Lipinski definition) is 0. The lowest BCUT2D eigenvalue weighted by Gasteiger charge is -2.15. The van der Waals surface area contributed by atoms with Crippen molar-refractivity contribution in [2.24, 2.45) is 0 Å². The Bertz CT molecular complexity index is 414. The molecule has 1 aliphatic heterocycles. The van der Waals surface area contributed by atoms with Gasteiger partial charge in [0, 0.05) is 20.1 Å². The molecule has 0 radical (unpaired) electrons. The first-order valence-corrected chi connectivity index (χ1v) is 4.68. The van der Waals surface area contributed by atoms with Crippen LogP contribution in [0.2, 0.25) is 5.28 Å². The van der Waals surface area contributed by atoms with E-state index in [1.165, 1.54) is 9.80 Å². The van der Waals surface area contributed by atoms with E-state index in [1.54, 1.807) is 7.05 Å². The zero-order valence-corrected chi connectivity index (χ0v) is 8.70. The minimum atomic E-state index is -0.650. The highest BCUT2D eigenvalue weighted by molar-refractivity contribution is 6.28. The number of anilines is 1. The average molecular weight is 231 g/mol. The molecule has 0 aromatic carbocycles. The maximum Gasteiger partial charge on any atom is 0.325 e. The molecule has 0 aliphatic carbocycles. The molecule has 0 unspecified atom stereocenters. The summed E-state index contributed by atoms with van der Waals surface area (Å²) in [5.41, 5.74) is 0. The molecule has 0 saturated carbocycles. The van der Waals surface area contributed by atoms with Crippen LogP contribution < -0.4 is 4.90 Å². The van der Waals surface area contributed by atoms with Gasteiger partial charge >= 0.3 is 6.03 Å². The van der Waals surface area contributed by atoms with Gasteiger partial charge in [-0.05, 0) is 11.6 Å². The van der Waals surface area contributed by atoms with Gasteiger partial charge in [-0.2, -0.15) is 4.98 Å². The van der Waals surface area contributed by atoms with Crippen LogP contribution in [-0.4, -0.2) is 41.0 Å². The molecule has 7 heteroatoms. The summed E-state index contributed by atoms with van der Waals surface area (Å²) in [5, 5.41) is -0.0752. The maximum atomic E-state index is 13.3. The molecule has 0 atom stereocenters. The SMILES string of the molecule is CN1CCN(c2nc(Cl)ncc2F)C1=O. The standard InChI is InChI=1S/C8H8ClFN4O/c1-13-2-3-14(8(13)15)6-5(10)4-11-7(9)12-6/h4H,2-3H2,1H3. The highest BCUT2D eigenvalue weighted by atomic mass is 35.5. The molecular formula is C8H8ClFN4O. The largest absolute Gasteiger partial charge is 0.326 e. The van der Waals surface area contributed by atoms with Gasteiger partial charge in [0.05, 0.1) is 6.20 Å². The van der Waals surface area contributed by atoms with Crippen LogP contribution in [0.5, 0.6) is 0 Å². The number of halogens is 2. The maximum absolute atomic E-state index is 13.3. The monoisotopic (exact) mass is 230 g/mol. The average Bonchev–Trinajstić information content (AvgIpc) is 2.52. The molecule has 2 rings (SSSR count). The van der Waals surface area contributed by atoms with Crippen LogP contribution in [0.1, 0.15) is 0 Å². The van der Waals surface area contributed by atoms with Crippen molar-refractivity contribution in [3.63, 3.8) is 0 Å². The van der Waals surface area contributed by atoms with Gasteiger partial charge in [-0.3, -0.25) is 4.90 Å². The molecular weight excluding hydrogens is 223 g/mol. The number of aromatic nitrogens is 2. The van der Waals surface area contributed by atoms with Crippen LogP contribution in [0.25, 0.3) is 0 Å². The van der Waals surface area contributed by atoms with E-state index in [0.29, 0.717) is 13.1 Å². The predicted octanol–water partition coefficient (Wildman–Crippen LogP) is 1.14. The van der Waals surface area contributed by atoms with Crippen LogP contribution in [0.4, 0.5) is 15.0 Å². The topological polar surface area (TPSA) is 49.3 Å². The van der Waals surface area contributed by atoms with Gasteiger partial charge in [-0.1, -0.05) is 0 Å². The van der Waals surface area contributed by atoms with E-state index in [9.17, 15) is 9.18 Å². The van der Waals surface area contributed by atoms with Gasteiger partial charge < -0.3 is 4.90 Å². The number of urea groups is 1. The minimum Gasteiger partial charge on any atom is -0.326 e. The summed E-state index contributed by atoms with van der Waals surface area (Å²) in [6.45, 7) is 0.944. The van der Waals surface area contributed by atoms with Crippen LogP contribution in [-0.2, 0) is 0 Å². The number of carbonyl (C=O) groups excluding carboxylic acids is 1. The van der Waals surface area contributed by atoms with Gasteiger partial charge in [-0.15, -0.1) is 0 Å². The van der Waals surface area contributed by atoms with Gasteiger partial charge in [-0.25, -0.2) is 14.2 Å². The van der Waals surface area contributed by atoms with Gasteiger partial charge in [0.15, 0.2) is 11.6 Å². The Hall–Kier alpha value is -1.43. The first-order chi connectivity index (χ1) is 7.09. The zero-order valence-electron chi connectivity index (χ0n) is 7.94. The molecule has 2 heterocycles. The van der Waals surface area contributed by atoms with Crippen molar-refractivity contribution < 1.29 is 9.18 Å². The lowest BCUT2D eigenvalue weighted by atomic mass is 10.5. The molecule has 1 fully saturated rings. The molecule has 2 amide bonds. The van der Waals surface area contributed by atoms with Crippen molar-refractivity contribution in [3.8, 4) is 0 Å². The summed E-state index contributed by atoms with van der Waals surface area (Å²) in [6.07, 6.45) is 0.955. The Morgan fingerprint density at radius 3 is 2.87 bits per heavy atom. The number of hydrogen-bond acceptors (Lipinski definition) is 3. The van der Waals surface area contributed by atoms with E-state index in [4.69, 9.17) is 11.6 Å². The van der Waals surface area contributed by atoms with Crippen molar-refractivity contribution >= 4 is 23.4 Å². The van der Waals surface area contributed by atoms with Crippen LogP contribution >= 0.6 is 11.6 Å². The highest BCUT2D eigenvalue weighted by Crippen LogP contribution is 2.21. The third-order valence-corrected chi connectivity index (χ3v) is 2.35. The summed E-state index contributed by atoms with van der Waals surface area (Å²) >= 11 is 5.54. The third-order valence-electron chi connectivity index (χ3n) is 2.17. The lowest BCUT2D eigenvalue weighted by molar-refractivity contribution is 0.229. The lowest BCUT2D eigenvalue weighted by Crippen LogP contribution is -2.30. The molecule has 1 saturated heterocycles. The van der Waals surface area contributed by atoms with E-state index in [1.807, 2.05) is 0 Å². The minimum absolute atomic E-state index is 0.0654. The number of amides is 2. The Morgan fingerprint density at radius 1 is 1.53 bits per heavy atom. The fourth-order valence-electron chi connectivity index (χ4n) is 1.37. The molecule has 80 valence electrons. The fourth-order valence-corrected chi connectivity index (χ4v) is 1.50. The van der Waals surface area contributed by atoms with Crippen LogP contribution in [0.15, 0.2) is 6.20 Å². The van der Waals surface area contributed by atoms with Crippen LogP contribution in [0, 0.1) is 5.82 Å². The molecule has 1 aromatic rings. The zero-order chi connectivity index (χ0) is 11.0. The van der Waals surface area contributed by atoms with E-state index in [-0.39, 0.29) is 17.1 Å². The predicted molar refractivity (Wildman–Crippen MR) is 52.4 cm³/mol. The van der Waals surface area contributed by atoms with Gasteiger partial charge in [0.1, 0.15) is 0 Å². The second-order valence-electron chi connectivity index (χ2n) is 3.17.